The van der Waals surface area contributed by atoms with Crippen LogP contribution in [0.4, 0.5) is 22.7 Å². The van der Waals surface area contributed by atoms with Crippen molar-refractivity contribution in [1.29, 1.82) is 0 Å². The minimum atomic E-state index is -2.21. The van der Waals surface area contributed by atoms with Gasteiger partial charge in [0.25, 0.3) is 0 Å². The van der Waals surface area contributed by atoms with E-state index in [2.05, 4.69) is 18.7 Å². The first-order valence-electron chi connectivity index (χ1n) is 12.6. The molecule has 0 fully saturated rings. The molecule has 20 heteroatoms. The molecule has 0 saturated carbocycles. The van der Waals surface area contributed by atoms with E-state index in [4.69, 9.17) is 21.0 Å². The Balaban J connectivity index is 2.08. The summed E-state index contributed by atoms with van der Waals surface area (Å²) in [5.74, 6) is 0. The van der Waals surface area contributed by atoms with E-state index in [1.807, 2.05) is 43.9 Å². The van der Waals surface area contributed by atoms with E-state index < -0.39 is 33.5 Å². The summed E-state index contributed by atoms with van der Waals surface area (Å²) in [5, 5.41) is 36.5. The maximum atomic E-state index is 10.2. The van der Waals surface area contributed by atoms with Crippen LogP contribution in [0.2, 0.25) is 0 Å². The molecule has 4 atom stereocenters. The number of hydrogen-bond acceptors (Lipinski definition) is 16. The maximum absolute atomic E-state index is 10.2. The van der Waals surface area contributed by atoms with E-state index in [1.54, 1.807) is 24.3 Å². The van der Waals surface area contributed by atoms with Crippen molar-refractivity contribution in [2.24, 2.45) is 0 Å². The van der Waals surface area contributed by atoms with E-state index in [9.17, 15) is 19.6 Å². The number of benzene rings is 2. The summed E-state index contributed by atoms with van der Waals surface area (Å²) in [6, 6.07) is 14.5. The second-order valence-corrected chi connectivity index (χ2v) is 13.6. The average molecular weight is 672 g/mol. The molecule has 1 aliphatic heterocycles. The third-order valence-corrected chi connectivity index (χ3v) is 9.47. The number of anilines is 4. The molecule has 42 heavy (non-hydrogen) atoms. The molecule has 0 aliphatic carbocycles. The second-order valence-electron chi connectivity index (χ2n) is 9.04. The highest BCUT2D eigenvalue weighted by Gasteiger charge is 2.26. The zero-order chi connectivity index (χ0) is 30.5. The summed E-state index contributed by atoms with van der Waals surface area (Å²) in [4.78, 5) is 48.2. The molecule has 0 bridgehead atoms. The molecule has 0 aromatic heterocycles. The zero-order valence-corrected chi connectivity index (χ0v) is 26.1. The van der Waals surface area contributed by atoms with Crippen LogP contribution in [-0.2, 0) is 18.7 Å². The van der Waals surface area contributed by atoms with Gasteiger partial charge in [-0.25, -0.2) is 21.0 Å². The minimum Gasteiger partial charge on any atom is -0.361 e. The first-order chi connectivity index (χ1) is 20.3. The van der Waals surface area contributed by atoms with Crippen LogP contribution in [0, 0.1) is 0 Å². The summed E-state index contributed by atoms with van der Waals surface area (Å²) in [5.41, 5.74) is 2.64. The molecule has 3 rings (SSSR count). The molecule has 0 amide bonds. The third-order valence-electron chi connectivity index (χ3n) is 6.38. The van der Waals surface area contributed by atoms with Gasteiger partial charge < -0.3 is 39.2 Å². The van der Waals surface area contributed by atoms with Gasteiger partial charge in [-0.05, 0) is 37.1 Å². The predicted octanol–water partition coefficient (Wildman–Crippen LogP) is 4.41. The van der Waals surface area contributed by atoms with Crippen molar-refractivity contribution in [2.45, 2.75) is 12.8 Å². The quantitative estimate of drug-likeness (QED) is 0.0891. The number of para-hydroxylation sites is 4. The lowest BCUT2D eigenvalue weighted by Crippen LogP contribution is -2.36. The van der Waals surface area contributed by atoms with Crippen LogP contribution >= 0.6 is 33.5 Å². The topological polar surface area (TPSA) is 212 Å². The normalized spacial score (nSPS) is 18.1. The Hall–Kier alpha value is -1.12. The van der Waals surface area contributed by atoms with Gasteiger partial charge in [-0.15, -0.1) is 0 Å². The molecule has 1 aliphatic rings. The van der Waals surface area contributed by atoms with Crippen molar-refractivity contribution < 1.29 is 59.3 Å². The highest BCUT2D eigenvalue weighted by molar-refractivity contribution is 7.46. The molecular weight excluding hydrogens is 636 g/mol. The number of rotatable bonds is 12. The van der Waals surface area contributed by atoms with Gasteiger partial charge in [-0.3, -0.25) is 0 Å². The van der Waals surface area contributed by atoms with E-state index in [-0.39, 0.29) is 25.1 Å². The van der Waals surface area contributed by atoms with E-state index in [0.717, 1.165) is 0 Å². The van der Waals surface area contributed by atoms with Crippen LogP contribution in [0.5, 0.6) is 0 Å². The second kappa shape index (κ2) is 18.6. The Morgan fingerprint density at radius 3 is 0.857 bits per heavy atom. The third kappa shape index (κ3) is 10.5. The van der Waals surface area contributed by atoms with Crippen molar-refractivity contribution in [2.75, 3.05) is 70.9 Å². The smallest absolute Gasteiger partial charge is 0.226 e. The van der Waals surface area contributed by atoms with Crippen molar-refractivity contribution in [3.05, 3.63) is 48.5 Å². The van der Waals surface area contributed by atoms with Gasteiger partial charge in [0.05, 0.1) is 47.9 Å². The summed E-state index contributed by atoms with van der Waals surface area (Å²) in [6.07, 6.45) is 0.756. The molecule has 8 N–H and O–H groups in total. The van der Waals surface area contributed by atoms with Gasteiger partial charge in [0.1, 0.15) is 0 Å². The van der Waals surface area contributed by atoms with Gasteiger partial charge in [-0.2, -0.15) is 18.7 Å². The molecule has 236 valence electrons. The van der Waals surface area contributed by atoms with E-state index >= 15 is 0 Å². The summed E-state index contributed by atoms with van der Waals surface area (Å²) in [6.45, 7) is 1.40. The highest BCUT2D eigenvalue weighted by Crippen LogP contribution is 2.42. The van der Waals surface area contributed by atoms with Gasteiger partial charge >= 0.3 is 0 Å². The van der Waals surface area contributed by atoms with Crippen molar-refractivity contribution in [3.63, 3.8) is 0 Å². The monoisotopic (exact) mass is 672 g/mol. The fraction of sp³-hybridized carbons (Fsp3) is 0.455. The fourth-order valence-electron chi connectivity index (χ4n) is 4.66. The Kier molecular flexibility index (Phi) is 15.7. The van der Waals surface area contributed by atoms with Crippen molar-refractivity contribution in [3.8, 4) is 0 Å². The lowest BCUT2D eigenvalue weighted by atomic mass is 10.2. The maximum Gasteiger partial charge on any atom is 0.226 e. The average Bonchev–Trinajstić information content (AvgIpc) is 3.01. The molecule has 0 saturated heterocycles. The summed E-state index contributed by atoms with van der Waals surface area (Å²) < 4.78 is 16.8. The van der Waals surface area contributed by atoms with Crippen LogP contribution < -0.4 is 19.6 Å². The molecule has 2 aromatic carbocycles. The van der Waals surface area contributed by atoms with Crippen molar-refractivity contribution >= 4 is 56.3 Å². The van der Waals surface area contributed by atoms with Crippen LogP contribution in [0.25, 0.3) is 0 Å². The SMILES string of the molecule is OOP(O)CN1CCCN(CP(O)OO)c2ccccc2N(CP(O)OO)CCCN(CP(O)OO)c2ccccc21. The molecule has 2 aromatic rings. The van der Waals surface area contributed by atoms with Gasteiger partial charge in [-0.1, -0.05) is 24.3 Å². The van der Waals surface area contributed by atoms with Crippen LogP contribution in [0.3, 0.4) is 0 Å². The lowest BCUT2D eigenvalue weighted by Gasteiger charge is -2.36. The summed E-state index contributed by atoms with van der Waals surface area (Å²) >= 11 is 0. The molecular formula is C22H36N4O12P4. The van der Waals surface area contributed by atoms with Gasteiger partial charge in [0.15, 0.2) is 0 Å². The highest BCUT2D eigenvalue weighted by atomic mass is 31.2. The van der Waals surface area contributed by atoms with E-state index in [1.165, 1.54) is 0 Å². The lowest BCUT2D eigenvalue weighted by molar-refractivity contribution is -0.136. The van der Waals surface area contributed by atoms with Gasteiger partial charge in [0.2, 0.25) is 33.5 Å². The van der Waals surface area contributed by atoms with Crippen LogP contribution in [-0.4, -0.2) is 91.9 Å². The Morgan fingerprint density at radius 1 is 0.452 bits per heavy atom. The Labute approximate surface area is 247 Å². The van der Waals surface area contributed by atoms with Crippen LogP contribution in [0.15, 0.2) is 48.5 Å². The molecule has 16 nitrogen and oxygen atoms in total. The first-order valence-corrected chi connectivity index (χ1v) is 18.2. The Bertz CT molecular complexity index is 912. The first kappa shape index (κ1) is 35.4. The predicted molar refractivity (Wildman–Crippen MR) is 162 cm³/mol. The number of hydrogen-bond donors (Lipinski definition) is 8. The summed E-state index contributed by atoms with van der Waals surface area (Å²) in [7, 11) is -8.86. The fourth-order valence-corrected chi connectivity index (χ4v) is 7.21. The largest absolute Gasteiger partial charge is 0.361 e. The molecule has 0 radical (unpaired) electrons. The zero-order valence-electron chi connectivity index (χ0n) is 22.5. The molecule has 1 heterocycles. The van der Waals surface area contributed by atoms with Gasteiger partial charge in [0, 0.05) is 26.2 Å². The molecule has 4 unspecified atom stereocenters. The van der Waals surface area contributed by atoms with Crippen LogP contribution in [0.1, 0.15) is 12.8 Å². The Morgan fingerprint density at radius 2 is 0.667 bits per heavy atom. The minimum absolute atomic E-state index is 0.0426. The van der Waals surface area contributed by atoms with Crippen molar-refractivity contribution in [1.82, 2.24) is 0 Å². The standard InChI is InChI=1S/C22H36N4O12P4/c27-35-39(31)15-23-11-5-13-25(17-41(33)37-29)21-9-3-4-10-22(21)26(18-42(34)38-30)14-6-12-24(16-40(32)36-28)20-8-2-1-7-19(20)23/h1-4,7-10,27-34H,5-6,11-18H2. The number of nitrogens with zero attached hydrogens (tertiary/aromatic N) is 4. The molecule has 0 spiro atoms. The van der Waals surface area contributed by atoms with E-state index in [0.29, 0.717) is 61.8 Å². The number of fused-ring (bicyclic) bond motifs is 2.